The fraction of sp³-hybridized carbons (Fsp3) is 0.667. The highest BCUT2D eigenvalue weighted by molar-refractivity contribution is 14.0. The molecule has 2 aliphatic heterocycles. The molecule has 1 aromatic carbocycles. The molecular weight excluding hydrogens is 472 g/mol. The summed E-state index contributed by atoms with van der Waals surface area (Å²) in [6.45, 7) is 8.03. The molecule has 0 spiro atoms. The molecule has 0 bridgehead atoms. The van der Waals surface area contributed by atoms with Crippen LogP contribution in [0.4, 0.5) is 4.39 Å². The molecule has 1 unspecified atom stereocenters. The first-order chi connectivity index (χ1) is 13.0. The smallest absolute Gasteiger partial charge is 0.193 e. The Balaban J connectivity index is 0.00000280. The van der Waals surface area contributed by atoms with Gasteiger partial charge in [0.05, 0.1) is 6.61 Å². The van der Waals surface area contributed by atoms with Gasteiger partial charge >= 0.3 is 0 Å². The average Bonchev–Trinajstić information content (AvgIpc) is 2.65. The van der Waals surface area contributed by atoms with Crippen molar-refractivity contribution in [3.05, 3.63) is 29.1 Å². The van der Waals surface area contributed by atoms with Gasteiger partial charge in [-0.25, -0.2) is 4.39 Å². The van der Waals surface area contributed by atoms with Crippen LogP contribution in [0.2, 0.25) is 0 Å². The topological polar surface area (TPSA) is 46.1 Å². The SMILES string of the molecule is CCCC1(C)CCCN(C(=NC)NCCc2cc(F)cc3c2OCOC3)C1.I. The Labute approximate surface area is 185 Å². The van der Waals surface area contributed by atoms with E-state index in [2.05, 4.69) is 29.1 Å². The highest BCUT2D eigenvalue weighted by Crippen LogP contribution is 2.34. The van der Waals surface area contributed by atoms with Crippen molar-refractivity contribution >= 4 is 29.9 Å². The Hall–Kier alpha value is -1.09. The van der Waals surface area contributed by atoms with Gasteiger partial charge in [-0.2, -0.15) is 0 Å². The lowest BCUT2D eigenvalue weighted by molar-refractivity contribution is -0.0172. The summed E-state index contributed by atoms with van der Waals surface area (Å²) in [6.07, 6.45) is 5.62. The largest absolute Gasteiger partial charge is 0.467 e. The molecule has 7 heteroatoms. The van der Waals surface area contributed by atoms with Crippen LogP contribution in [0.1, 0.15) is 50.7 Å². The summed E-state index contributed by atoms with van der Waals surface area (Å²) < 4.78 is 24.8. The second kappa shape index (κ2) is 10.6. The number of aliphatic imine (C=N–C) groups is 1. The summed E-state index contributed by atoms with van der Waals surface area (Å²) in [5.74, 6) is 1.47. The van der Waals surface area contributed by atoms with Gasteiger partial charge in [-0.1, -0.05) is 20.3 Å². The number of guanidine groups is 1. The van der Waals surface area contributed by atoms with E-state index >= 15 is 0 Å². The van der Waals surface area contributed by atoms with Crippen molar-refractivity contribution in [1.29, 1.82) is 0 Å². The average molecular weight is 505 g/mol. The molecule has 1 saturated heterocycles. The number of likely N-dealkylation sites (tertiary alicyclic amines) is 1. The normalized spacial score (nSPS) is 22.1. The second-order valence-corrected chi connectivity index (χ2v) is 7.97. The van der Waals surface area contributed by atoms with E-state index in [9.17, 15) is 4.39 Å². The van der Waals surface area contributed by atoms with E-state index in [4.69, 9.17) is 9.47 Å². The molecule has 1 atom stereocenters. The third kappa shape index (κ3) is 5.72. The van der Waals surface area contributed by atoms with Gasteiger partial charge in [0.15, 0.2) is 12.8 Å². The second-order valence-electron chi connectivity index (χ2n) is 7.97. The van der Waals surface area contributed by atoms with Crippen molar-refractivity contribution in [2.75, 3.05) is 33.5 Å². The maximum absolute atomic E-state index is 13.9. The zero-order chi connectivity index (χ0) is 19.3. The summed E-state index contributed by atoms with van der Waals surface area (Å²) in [7, 11) is 1.83. The summed E-state index contributed by atoms with van der Waals surface area (Å²) in [6, 6.07) is 3.06. The van der Waals surface area contributed by atoms with Crippen LogP contribution in [0.15, 0.2) is 17.1 Å². The Kier molecular flexibility index (Phi) is 8.80. The molecule has 1 N–H and O–H groups in total. The number of nitrogens with one attached hydrogen (secondary N) is 1. The molecular formula is C21H33FIN3O2. The minimum atomic E-state index is -0.242. The van der Waals surface area contributed by atoms with E-state index in [1.165, 1.54) is 31.7 Å². The number of piperidine rings is 1. The number of fused-ring (bicyclic) bond motifs is 1. The molecule has 0 radical (unpaired) electrons. The van der Waals surface area contributed by atoms with E-state index in [-0.39, 0.29) is 36.6 Å². The number of hydrogen-bond donors (Lipinski definition) is 1. The molecule has 0 amide bonds. The van der Waals surface area contributed by atoms with Crippen molar-refractivity contribution in [2.45, 2.75) is 52.6 Å². The standard InChI is InChI=1S/C21H32FN3O2.HI/c1-4-7-21(2)8-5-10-25(14-21)20(23-3)24-9-6-16-11-18(22)12-17-13-26-15-27-19(16)17;/h11-12H,4-10,13-15H2,1-3H3,(H,23,24);1H. The first-order valence-corrected chi connectivity index (χ1v) is 10.0. The van der Waals surface area contributed by atoms with Crippen molar-refractivity contribution in [2.24, 2.45) is 10.4 Å². The molecule has 5 nitrogen and oxygen atoms in total. The molecule has 1 fully saturated rings. The molecule has 0 saturated carbocycles. The summed E-state index contributed by atoms with van der Waals surface area (Å²) >= 11 is 0. The molecule has 158 valence electrons. The maximum atomic E-state index is 13.9. The van der Waals surface area contributed by atoms with E-state index in [0.717, 1.165) is 35.9 Å². The number of nitrogens with zero attached hydrogens (tertiary/aromatic N) is 2. The van der Waals surface area contributed by atoms with Gasteiger partial charge in [-0.05, 0) is 48.8 Å². The summed E-state index contributed by atoms with van der Waals surface area (Å²) in [4.78, 5) is 6.85. The Morgan fingerprint density at radius 2 is 2.21 bits per heavy atom. The fourth-order valence-corrected chi connectivity index (χ4v) is 4.39. The van der Waals surface area contributed by atoms with Crippen LogP contribution >= 0.6 is 24.0 Å². The van der Waals surface area contributed by atoms with Crippen molar-refractivity contribution in [3.8, 4) is 5.75 Å². The molecule has 2 heterocycles. The zero-order valence-corrected chi connectivity index (χ0v) is 19.6. The van der Waals surface area contributed by atoms with Gasteiger partial charge in [0.2, 0.25) is 0 Å². The first kappa shape index (κ1) is 23.2. The van der Waals surface area contributed by atoms with Gasteiger partial charge in [-0.15, -0.1) is 24.0 Å². The van der Waals surface area contributed by atoms with Gasteiger partial charge in [0, 0.05) is 32.2 Å². The minimum Gasteiger partial charge on any atom is -0.467 e. The van der Waals surface area contributed by atoms with Crippen LogP contribution < -0.4 is 10.1 Å². The Morgan fingerprint density at radius 3 is 2.96 bits per heavy atom. The predicted octanol–water partition coefficient (Wildman–Crippen LogP) is 4.33. The Bertz CT molecular complexity index is 682. The quantitative estimate of drug-likeness (QED) is 0.368. The van der Waals surface area contributed by atoms with Crippen molar-refractivity contribution in [1.82, 2.24) is 10.2 Å². The molecule has 28 heavy (non-hydrogen) atoms. The van der Waals surface area contributed by atoms with Gasteiger partial charge < -0.3 is 19.7 Å². The van der Waals surface area contributed by atoms with Crippen LogP contribution in [0.5, 0.6) is 5.75 Å². The third-order valence-electron chi connectivity index (χ3n) is 5.57. The summed E-state index contributed by atoms with van der Waals surface area (Å²) in [5, 5.41) is 3.46. The van der Waals surface area contributed by atoms with Crippen molar-refractivity contribution in [3.63, 3.8) is 0 Å². The molecule has 3 rings (SSSR count). The number of ether oxygens (including phenoxy) is 2. The number of hydrogen-bond acceptors (Lipinski definition) is 3. The molecule has 1 aromatic rings. The van der Waals surface area contributed by atoms with Gasteiger partial charge in [-0.3, -0.25) is 4.99 Å². The minimum absolute atomic E-state index is 0. The number of rotatable bonds is 5. The Morgan fingerprint density at radius 1 is 1.39 bits per heavy atom. The van der Waals surface area contributed by atoms with Crippen molar-refractivity contribution < 1.29 is 13.9 Å². The van der Waals surface area contributed by atoms with Crippen LogP contribution in [-0.4, -0.2) is 44.3 Å². The number of halogens is 2. The van der Waals surface area contributed by atoms with Crippen LogP contribution in [0.25, 0.3) is 0 Å². The van der Waals surface area contributed by atoms with Gasteiger partial charge in [0.25, 0.3) is 0 Å². The lowest BCUT2D eigenvalue weighted by Gasteiger charge is -2.42. The first-order valence-electron chi connectivity index (χ1n) is 10.0. The molecule has 0 aliphatic carbocycles. The highest BCUT2D eigenvalue weighted by atomic mass is 127. The van der Waals surface area contributed by atoms with Crippen LogP contribution in [0.3, 0.4) is 0 Å². The van der Waals surface area contributed by atoms with Crippen LogP contribution in [-0.2, 0) is 17.8 Å². The lowest BCUT2D eigenvalue weighted by Crippen LogP contribution is -2.50. The summed E-state index contributed by atoms with van der Waals surface area (Å²) in [5.41, 5.74) is 2.03. The highest BCUT2D eigenvalue weighted by Gasteiger charge is 2.31. The maximum Gasteiger partial charge on any atom is 0.193 e. The monoisotopic (exact) mass is 505 g/mol. The third-order valence-corrected chi connectivity index (χ3v) is 5.57. The molecule has 0 aromatic heterocycles. The predicted molar refractivity (Wildman–Crippen MR) is 121 cm³/mol. The van der Waals surface area contributed by atoms with E-state index in [1.807, 2.05) is 7.05 Å². The van der Waals surface area contributed by atoms with E-state index < -0.39 is 0 Å². The van der Waals surface area contributed by atoms with E-state index in [1.54, 1.807) is 6.07 Å². The zero-order valence-electron chi connectivity index (χ0n) is 17.2. The van der Waals surface area contributed by atoms with Gasteiger partial charge in [0.1, 0.15) is 11.6 Å². The lowest BCUT2D eigenvalue weighted by atomic mass is 9.78. The fourth-order valence-electron chi connectivity index (χ4n) is 4.39. The number of benzene rings is 1. The van der Waals surface area contributed by atoms with E-state index in [0.29, 0.717) is 25.0 Å². The molecule has 2 aliphatic rings. The van der Waals surface area contributed by atoms with Crippen LogP contribution in [0, 0.1) is 11.2 Å².